The Morgan fingerprint density at radius 2 is 2.33 bits per heavy atom. The molecule has 0 aromatic heterocycles. The molecule has 1 fully saturated rings. The molecule has 0 aliphatic carbocycles. The molecule has 0 spiro atoms. The monoisotopic (exact) mass is 168 g/mol. The molecule has 4 heteroatoms. The summed E-state index contributed by atoms with van der Waals surface area (Å²) in [6.07, 6.45) is 2.25. The van der Waals surface area contributed by atoms with E-state index in [0.717, 1.165) is 0 Å². The van der Waals surface area contributed by atoms with Crippen LogP contribution in [0.4, 0.5) is 4.79 Å². The fraction of sp³-hybridized carbons (Fsp3) is 0.500. The van der Waals surface area contributed by atoms with Crippen LogP contribution in [0.15, 0.2) is 12.7 Å². The van der Waals surface area contributed by atoms with Crippen molar-refractivity contribution in [3.63, 3.8) is 0 Å². The SMILES string of the molecule is C=CCC1(C)CNC(=O)NC1=O. The van der Waals surface area contributed by atoms with Gasteiger partial charge in [-0.1, -0.05) is 6.08 Å². The Bertz CT molecular complexity index is 237. The van der Waals surface area contributed by atoms with Crippen LogP contribution in [-0.2, 0) is 4.79 Å². The van der Waals surface area contributed by atoms with E-state index < -0.39 is 11.4 Å². The topological polar surface area (TPSA) is 58.2 Å². The number of nitrogens with one attached hydrogen (secondary N) is 2. The van der Waals surface area contributed by atoms with Crippen molar-refractivity contribution in [2.24, 2.45) is 5.41 Å². The molecule has 1 saturated heterocycles. The highest BCUT2D eigenvalue weighted by Crippen LogP contribution is 2.22. The van der Waals surface area contributed by atoms with E-state index in [1.807, 2.05) is 0 Å². The van der Waals surface area contributed by atoms with E-state index in [4.69, 9.17) is 0 Å². The van der Waals surface area contributed by atoms with Crippen LogP contribution in [0.1, 0.15) is 13.3 Å². The minimum Gasteiger partial charge on any atom is -0.337 e. The molecular formula is C8H12N2O2. The quantitative estimate of drug-likeness (QED) is 0.587. The molecule has 1 atom stereocenters. The molecule has 1 aliphatic rings. The zero-order valence-corrected chi connectivity index (χ0v) is 7.02. The largest absolute Gasteiger partial charge is 0.337 e. The van der Waals surface area contributed by atoms with Crippen LogP contribution in [-0.4, -0.2) is 18.5 Å². The summed E-state index contributed by atoms with van der Waals surface area (Å²) in [7, 11) is 0. The third-order valence-electron chi connectivity index (χ3n) is 2.01. The van der Waals surface area contributed by atoms with E-state index in [9.17, 15) is 9.59 Å². The summed E-state index contributed by atoms with van der Waals surface area (Å²) < 4.78 is 0. The van der Waals surface area contributed by atoms with E-state index in [-0.39, 0.29) is 5.91 Å². The number of hydrogen-bond acceptors (Lipinski definition) is 2. The molecule has 12 heavy (non-hydrogen) atoms. The third kappa shape index (κ3) is 1.47. The summed E-state index contributed by atoms with van der Waals surface area (Å²) in [5.41, 5.74) is -0.532. The first kappa shape index (κ1) is 8.77. The zero-order valence-electron chi connectivity index (χ0n) is 7.02. The highest BCUT2D eigenvalue weighted by atomic mass is 16.2. The van der Waals surface area contributed by atoms with Gasteiger partial charge in [0.15, 0.2) is 0 Å². The minimum absolute atomic E-state index is 0.230. The zero-order chi connectivity index (χ0) is 9.19. The van der Waals surface area contributed by atoms with Crippen molar-refractivity contribution in [3.05, 3.63) is 12.7 Å². The van der Waals surface area contributed by atoms with Crippen molar-refractivity contribution in [3.8, 4) is 0 Å². The van der Waals surface area contributed by atoms with Gasteiger partial charge in [0.1, 0.15) is 0 Å². The Morgan fingerprint density at radius 1 is 1.67 bits per heavy atom. The summed E-state index contributed by atoms with van der Waals surface area (Å²) in [5, 5.41) is 4.79. The number of urea groups is 1. The molecular weight excluding hydrogens is 156 g/mol. The third-order valence-corrected chi connectivity index (χ3v) is 2.01. The second-order valence-electron chi connectivity index (χ2n) is 3.19. The molecule has 66 valence electrons. The molecule has 4 nitrogen and oxygen atoms in total. The lowest BCUT2D eigenvalue weighted by Gasteiger charge is -2.31. The molecule has 0 saturated carbocycles. The first-order chi connectivity index (χ1) is 5.58. The molecule has 1 rings (SSSR count). The number of carbonyl (C=O) groups excluding carboxylic acids is 2. The number of carbonyl (C=O) groups is 2. The highest BCUT2D eigenvalue weighted by Gasteiger charge is 2.36. The highest BCUT2D eigenvalue weighted by molar-refractivity contribution is 5.99. The second kappa shape index (κ2) is 2.97. The van der Waals surface area contributed by atoms with Crippen LogP contribution < -0.4 is 10.6 Å². The summed E-state index contributed by atoms with van der Waals surface area (Å²) in [6, 6.07) is -0.415. The van der Waals surface area contributed by atoms with Crippen LogP contribution in [0.25, 0.3) is 0 Å². The van der Waals surface area contributed by atoms with Gasteiger partial charge in [0.25, 0.3) is 0 Å². The van der Waals surface area contributed by atoms with Gasteiger partial charge in [-0.2, -0.15) is 0 Å². The van der Waals surface area contributed by atoms with Crippen molar-refractivity contribution in [1.29, 1.82) is 0 Å². The van der Waals surface area contributed by atoms with Gasteiger partial charge in [0, 0.05) is 6.54 Å². The molecule has 1 heterocycles. The van der Waals surface area contributed by atoms with Crippen molar-refractivity contribution >= 4 is 11.9 Å². The maximum absolute atomic E-state index is 11.3. The summed E-state index contributed by atoms with van der Waals surface area (Å²) in [4.78, 5) is 22.0. The number of allylic oxidation sites excluding steroid dienone is 1. The van der Waals surface area contributed by atoms with Gasteiger partial charge >= 0.3 is 6.03 Å². The smallest absolute Gasteiger partial charge is 0.321 e. The Morgan fingerprint density at radius 3 is 2.83 bits per heavy atom. The van der Waals surface area contributed by atoms with Crippen molar-refractivity contribution in [2.45, 2.75) is 13.3 Å². The van der Waals surface area contributed by atoms with E-state index in [1.54, 1.807) is 13.0 Å². The van der Waals surface area contributed by atoms with E-state index in [0.29, 0.717) is 13.0 Å². The van der Waals surface area contributed by atoms with Gasteiger partial charge in [-0.05, 0) is 13.3 Å². The maximum atomic E-state index is 11.3. The van der Waals surface area contributed by atoms with Crippen LogP contribution in [0.5, 0.6) is 0 Å². The number of imide groups is 1. The van der Waals surface area contributed by atoms with Crippen LogP contribution >= 0.6 is 0 Å². The average Bonchev–Trinajstić information content (AvgIpc) is 1.99. The predicted molar refractivity (Wildman–Crippen MR) is 44.5 cm³/mol. The van der Waals surface area contributed by atoms with E-state index in [2.05, 4.69) is 17.2 Å². The Kier molecular flexibility index (Phi) is 2.17. The van der Waals surface area contributed by atoms with Crippen LogP contribution in [0.3, 0.4) is 0 Å². The van der Waals surface area contributed by atoms with Crippen molar-refractivity contribution in [2.75, 3.05) is 6.54 Å². The first-order valence-corrected chi connectivity index (χ1v) is 3.79. The summed E-state index contributed by atoms with van der Waals surface area (Å²) >= 11 is 0. The van der Waals surface area contributed by atoms with Crippen LogP contribution in [0, 0.1) is 5.41 Å². The standard InChI is InChI=1S/C8H12N2O2/c1-3-4-8(2)5-9-7(12)10-6(8)11/h3H,1,4-5H2,2H3,(H2,9,10,11,12). The van der Waals surface area contributed by atoms with Gasteiger partial charge in [0.05, 0.1) is 5.41 Å². The number of amides is 3. The van der Waals surface area contributed by atoms with Crippen LogP contribution in [0.2, 0.25) is 0 Å². The van der Waals surface area contributed by atoms with Gasteiger partial charge in [0.2, 0.25) is 5.91 Å². The lowest BCUT2D eigenvalue weighted by Crippen LogP contribution is -2.57. The lowest BCUT2D eigenvalue weighted by molar-refractivity contribution is -0.129. The number of rotatable bonds is 2. The molecule has 1 aliphatic heterocycles. The van der Waals surface area contributed by atoms with Crippen molar-refractivity contribution in [1.82, 2.24) is 10.6 Å². The summed E-state index contributed by atoms with van der Waals surface area (Å²) in [6.45, 7) is 5.73. The molecule has 0 radical (unpaired) electrons. The predicted octanol–water partition coefficient (Wildman–Crippen LogP) is 0.408. The Labute approximate surface area is 71.0 Å². The average molecular weight is 168 g/mol. The second-order valence-corrected chi connectivity index (χ2v) is 3.19. The molecule has 2 N–H and O–H groups in total. The van der Waals surface area contributed by atoms with Gasteiger partial charge in [-0.25, -0.2) is 4.79 Å². The lowest BCUT2D eigenvalue weighted by atomic mass is 9.84. The van der Waals surface area contributed by atoms with E-state index >= 15 is 0 Å². The molecule has 1 unspecified atom stereocenters. The van der Waals surface area contributed by atoms with E-state index in [1.165, 1.54) is 0 Å². The first-order valence-electron chi connectivity index (χ1n) is 3.79. The Balaban J connectivity index is 2.72. The molecule has 0 bridgehead atoms. The van der Waals surface area contributed by atoms with Crippen molar-refractivity contribution < 1.29 is 9.59 Å². The van der Waals surface area contributed by atoms with Gasteiger partial charge in [-0.15, -0.1) is 6.58 Å². The van der Waals surface area contributed by atoms with Gasteiger partial charge < -0.3 is 5.32 Å². The summed E-state index contributed by atoms with van der Waals surface area (Å²) in [5.74, 6) is -0.230. The Hall–Kier alpha value is -1.32. The molecule has 0 aromatic rings. The molecule has 3 amide bonds. The maximum Gasteiger partial charge on any atom is 0.321 e. The normalized spacial score (nSPS) is 29.1. The fourth-order valence-corrected chi connectivity index (χ4v) is 1.14. The minimum atomic E-state index is -0.532. The molecule has 0 aromatic carbocycles. The number of hydrogen-bond donors (Lipinski definition) is 2. The van der Waals surface area contributed by atoms with Gasteiger partial charge in [-0.3, -0.25) is 10.1 Å². The fourth-order valence-electron chi connectivity index (χ4n) is 1.14.